The zero-order valence-corrected chi connectivity index (χ0v) is 20.5. The summed E-state index contributed by atoms with van der Waals surface area (Å²) in [5.74, 6) is -3.08. The average Bonchev–Trinajstić information content (AvgIpc) is 3.28. The number of ether oxygens (including phenoxy) is 1. The van der Waals surface area contributed by atoms with E-state index in [1.807, 2.05) is 0 Å². The second kappa shape index (κ2) is 11.1. The van der Waals surface area contributed by atoms with E-state index in [0.717, 1.165) is 4.90 Å². The Hall–Kier alpha value is -4.42. The van der Waals surface area contributed by atoms with Crippen molar-refractivity contribution in [2.75, 3.05) is 30.9 Å². The molecule has 0 unspecified atom stereocenters. The second-order valence-electron chi connectivity index (χ2n) is 7.91. The molecule has 190 valence electrons. The van der Waals surface area contributed by atoms with Crippen LogP contribution in [0.5, 0.6) is 0 Å². The molecule has 4 aromatic rings. The van der Waals surface area contributed by atoms with Gasteiger partial charge >= 0.3 is 0 Å². The molecule has 2 heterocycles. The molecule has 0 aliphatic carbocycles. The van der Waals surface area contributed by atoms with Crippen LogP contribution in [0.2, 0.25) is 0 Å². The highest BCUT2D eigenvalue weighted by molar-refractivity contribution is 7.09. The SMILES string of the molecule is COCCNC(=O)[C@H](c1ccc2ncccc2c1)N(C(=O)c1snc(C(N)=O)c1N)c1ccccc1F. The van der Waals surface area contributed by atoms with Gasteiger partial charge in [0.2, 0.25) is 5.91 Å². The number of hydrogen-bond donors (Lipinski definition) is 3. The number of nitrogens with two attached hydrogens (primary N) is 2. The summed E-state index contributed by atoms with van der Waals surface area (Å²) in [5.41, 5.74) is 11.7. The molecule has 1 atom stereocenters. The van der Waals surface area contributed by atoms with Crippen LogP contribution in [0.1, 0.15) is 31.8 Å². The molecule has 10 nitrogen and oxygen atoms in total. The van der Waals surface area contributed by atoms with Crippen molar-refractivity contribution in [2.45, 2.75) is 6.04 Å². The Kier molecular flexibility index (Phi) is 7.70. The van der Waals surface area contributed by atoms with Gasteiger partial charge in [0.1, 0.15) is 16.7 Å². The van der Waals surface area contributed by atoms with E-state index >= 15 is 4.39 Å². The quantitative estimate of drug-likeness (QED) is 0.286. The number of methoxy groups -OCH3 is 1. The van der Waals surface area contributed by atoms with E-state index in [1.165, 1.54) is 31.4 Å². The van der Waals surface area contributed by atoms with Crippen LogP contribution in [0, 0.1) is 5.82 Å². The van der Waals surface area contributed by atoms with Crippen molar-refractivity contribution in [3.05, 3.63) is 82.7 Å². The number of carbonyl (C=O) groups is 3. The van der Waals surface area contributed by atoms with Gasteiger partial charge in [-0.3, -0.25) is 24.3 Å². The third-order valence-corrected chi connectivity index (χ3v) is 6.39. The Morgan fingerprint density at radius 3 is 2.65 bits per heavy atom. The number of carbonyl (C=O) groups excluding carboxylic acids is 3. The highest BCUT2D eigenvalue weighted by atomic mass is 32.1. The smallest absolute Gasteiger partial charge is 0.273 e. The zero-order chi connectivity index (χ0) is 26.5. The minimum atomic E-state index is -1.33. The van der Waals surface area contributed by atoms with Crippen LogP contribution < -0.4 is 21.7 Å². The Labute approximate surface area is 215 Å². The Bertz CT molecular complexity index is 1480. The third-order valence-electron chi connectivity index (χ3n) is 5.54. The third kappa shape index (κ3) is 5.25. The fourth-order valence-corrected chi connectivity index (χ4v) is 4.55. The zero-order valence-electron chi connectivity index (χ0n) is 19.7. The summed E-state index contributed by atoms with van der Waals surface area (Å²) in [5, 5.41) is 3.44. The lowest BCUT2D eigenvalue weighted by molar-refractivity contribution is -0.122. The van der Waals surface area contributed by atoms with Crippen molar-refractivity contribution >= 4 is 51.5 Å². The number of pyridine rings is 1. The van der Waals surface area contributed by atoms with Gasteiger partial charge in [-0.15, -0.1) is 0 Å². The first-order valence-corrected chi connectivity index (χ1v) is 11.8. The van der Waals surface area contributed by atoms with Crippen molar-refractivity contribution in [1.82, 2.24) is 14.7 Å². The number of amides is 3. The predicted molar refractivity (Wildman–Crippen MR) is 138 cm³/mol. The number of hydrogen-bond acceptors (Lipinski definition) is 8. The number of halogens is 1. The van der Waals surface area contributed by atoms with Gasteiger partial charge in [-0.2, -0.15) is 4.37 Å². The molecule has 12 heteroatoms. The molecule has 0 spiro atoms. The molecular formula is C25H23FN6O4S. The molecule has 0 fully saturated rings. The number of nitrogens with one attached hydrogen (secondary N) is 1. The van der Waals surface area contributed by atoms with Gasteiger partial charge in [0.25, 0.3) is 11.8 Å². The summed E-state index contributed by atoms with van der Waals surface area (Å²) < 4.78 is 24.1. The van der Waals surface area contributed by atoms with E-state index < -0.39 is 29.6 Å². The van der Waals surface area contributed by atoms with Crippen molar-refractivity contribution in [2.24, 2.45) is 5.73 Å². The number of fused-ring (bicyclic) bond motifs is 1. The molecule has 0 bridgehead atoms. The predicted octanol–water partition coefficient (Wildman–Crippen LogP) is 2.66. The lowest BCUT2D eigenvalue weighted by atomic mass is 10.00. The maximum absolute atomic E-state index is 15.2. The molecule has 5 N–H and O–H groups in total. The van der Waals surface area contributed by atoms with Gasteiger partial charge in [-0.1, -0.05) is 24.3 Å². The highest BCUT2D eigenvalue weighted by Crippen LogP contribution is 2.35. The molecule has 4 rings (SSSR count). The van der Waals surface area contributed by atoms with Crippen molar-refractivity contribution < 1.29 is 23.5 Å². The van der Waals surface area contributed by atoms with Gasteiger partial charge < -0.3 is 21.5 Å². The summed E-state index contributed by atoms with van der Waals surface area (Å²) >= 11 is 0.639. The molecule has 0 aliphatic rings. The van der Waals surface area contributed by atoms with Gasteiger partial charge in [-0.25, -0.2) is 4.39 Å². The van der Waals surface area contributed by atoms with E-state index in [-0.39, 0.29) is 35.1 Å². The fourth-order valence-electron chi connectivity index (χ4n) is 3.81. The van der Waals surface area contributed by atoms with E-state index in [0.29, 0.717) is 28.0 Å². The first-order valence-electron chi connectivity index (χ1n) is 11.1. The van der Waals surface area contributed by atoms with Crippen LogP contribution in [0.15, 0.2) is 60.8 Å². The summed E-state index contributed by atoms with van der Waals surface area (Å²) in [6, 6.07) is 12.8. The van der Waals surface area contributed by atoms with Crippen molar-refractivity contribution in [3.63, 3.8) is 0 Å². The maximum Gasteiger partial charge on any atom is 0.273 e. The standard InChI is InChI=1S/C25H23FN6O4S/c1-36-12-11-30-24(34)21(15-8-9-17-14(13-15)5-4-10-29-17)32(18-7-3-2-6-16(18)26)25(35)22-19(27)20(23(28)33)31-37-22/h2-10,13,21H,11-12,27H2,1H3,(H2,28,33)(H,30,34)/t21-/m0/s1. The number of rotatable bonds is 9. The number of para-hydroxylation sites is 1. The molecule has 3 amide bonds. The van der Waals surface area contributed by atoms with Crippen LogP contribution in [0.25, 0.3) is 10.9 Å². The summed E-state index contributed by atoms with van der Waals surface area (Å²) in [6.07, 6.45) is 1.63. The first-order chi connectivity index (χ1) is 17.8. The molecule has 0 saturated carbocycles. The normalized spacial score (nSPS) is 11.7. The molecule has 37 heavy (non-hydrogen) atoms. The Morgan fingerprint density at radius 2 is 1.95 bits per heavy atom. The highest BCUT2D eigenvalue weighted by Gasteiger charge is 2.37. The average molecular weight is 523 g/mol. The van der Waals surface area contributed by atoms with Gasteiger partial charge in [0.05, 0.1) is 23.5 Å². The number of nitrogen functional groups attached to an aromatic ring is 1. The van der Waals surface area contributed by atoms with Gasteiger partial charge in [-0.05, 0) is 47.4 Å². The van der Waals surface area contributed by atoms with Crippen LogP contribution in [0.3, 0.4) is 0 Å². The summed E-state index contributed by atoms with van der Waals surface area (Å²) in [4.78, 5) is 44.4. The monoisotopic (exact) mass is 522 g/mol. The number of benzene rings is 2. The second-order valence-corrected chi connectivity index (χ2v) is 8.68. The minimum absolute atomic E-state index is 0.148. The van der Waals surface area contributed by atoms with Crippen LogP contribution in [0.4, 0.5) is 15.8 Å². The Balaban J connectivity index is 1.91. The minimum Gasteiger partial charge on any atom is -0.395 e. The largest absolute Gasteiger partial charge is 0.395 e. The summed E-state index contributed by atoms with van der Waals surface area (Å²) in [6.45, 7) is 0.367. The number of primary amides is 1. The molecule has 0 aliphatic heterocycles. The molecule has 2 aromatic carbocycles. The summed E-state index contributed by atoms with van der Waals surface area (Å²) in [7, 11) is 1.48. The number of aromatic nitrogens is 2. The van der Waals surface area contributed by atoms with E-state index in [9.17, 15) is 14.4 Å². The van der Waals surface area contributed by atoms with Crippen LogP contribution in [-0.2, 0) is 9.53 Å². The Morgan fingerprint density at radius 1 is 1.16 bits per heavy atom. The fraction of sp³-hybridized carbons (Fsp3) is 0.160. The number of anilines is 2. The van der Waals surface area contributed by atoms with Gasteiger partial charge in [0, 0.05) is 25.2 Å². The van der Waals surface area contributed by atoms with E-state index in [1.54, 1.807) is 36.5 Å². The first kappa shape index (κ1) is 25.7. The van der Waals surface area contributed by atoms with Crippen LogP contribution in [-0.4, -0.2) is 47.3 Å². The van der Waals surface area contributed by atoms with E-state index in [2.05, 4.69) is 14.7 Å². The number of nitrogens with zero attached hydrogens (tertiary/aromatic N) is 3. The topological polar surface area (TPSA) is 154 Å². The molecule has 2 aromatic heterocycles. The van der Waals surface area contributed by atoms with E-state index in [4.69, 9.17) is 16.2 Å². The lowest BCUT2D eigenvalue weighted by Gasteiger charge is -2.31. The maximum atomic E-state index is 15.2. The lowest BCUT2D eigenvalue weighted by Crippen LogP contribution is -2.45. The van der Waals surface area contributed by atoms with Crippen LogP contribution >= 0.6 is 11.5 Å². The van der Waals surface area contributed by atoms with Crippen molar-refractivity contribution in [1.29, 1.82) is 0 Å². The molecule has 0 saturated heterocycles. The van der Waals surface area contributed by atoms with Crippen molar-refractivity contribution in [3.8, 4) is 0 Å². The molecular weight excluding hydrogens is 499 g/mol. The molecule has 0 radical (unpaired) electrons. The van der Waals surface area contributed by atoms with Gasteiger partial charge in [0.15, 0.2) is 5.69 Å².